The number of nitrogens with one attached hydrogen (secondary N) is 2. The average Bonchev–Trinajstić information content (AvgIpc) is 3.04. The number of halogens is 2. The van der Waals surface area contributed by atoms with Crippen molar-refractivity contribution in [3.63, 3.8) is 0 Å². The van der Waals surface area contributed by atoms with Gasteiger partial charge in [-0.15, -0.1) is 0 Å². The Labute approximate surface area is 162 Å². The van der Waals surface area contributed by atoms with E-state index in [1.807, 2.05) is 24.3 Å². The van der Waals surface area contributed by atoms with Gasteiger partial charge in [0.15, 0.2) is 0 Å². The molecule has 148 valence electrons. The van der Waals surface area contributed by atoms with Gasteiger partial charge >= 0.3 is 6.09 Å². The maximum absolute atomic E-state index is 12.8. The first-order valence-corrected chi connectivity index (χ1v) is 9.02. The van der Waals surface area contributed by atoms with Crippen molar-refractivity contribution in [2.75, 3.05) is 0 Å². The maximum atomic E-state index is 12.8. The molecule has 0 saturated heterocycles. The Bertz CT molecular complexity index is 913. The third kappa shape index (κ3) is 5.06. The van der Waals surface area contributed by atoms with Gasteiger partial charge in [0.1, 0.15) is 11.4 Å². The van der Waals surface area contributed by atoms with Crippen LogP contribution in [0.3, 0.4) is 0 Å². The SMILES string of the molecule is CC(C)(C)OC(=O)NC(Cc1ccc(C(F)F)cc1)c1nc2ccccc2[nH]1. The molecule has 0 aliphatic carbocycles. The van der Waals surface area contributed by atoms with E-state index in [4.69, 9.17) is 4.74 Å². The van der Waals surface area contributed by atoms with Crippen molar-refractivity contribution in [1.82, 2.24) is 15.3 Å². The molecule has 3 rings (SSSR count). The van der Waals surface area contributed by atoms with Gasteiger partial charge in [-0.05, 0) is 38.5 Å². The van der Waals surface area contributed by atoms with E-state index in [0.717, 1.165) is 16.6 Å². The quantitative estimate of drug-likeness (QED) is 0.623. The van der Waals surface area contributed by atoms with E-state index in [0.29, 0.717) is 12.2 Å². The van der Waals surface area contributed by atoms with E-state index < -0.39 is 24.2 Å². The number of aromatic amines is 1. The summed E-state index contributed by atoms with van der Waals surface area (Å²) in [7, 11) is 0. The summed E-state index contributed by atoms with van der Waals surface area (Å²) in [5, 5.41) is 2.83. The molecule has 7 heteroatoms. The molecule has 1 atom stereocenters. The van der Waals surface area contributed by atoms with Crippen molar-refractivity contribution < 1.29 is 18.3 Å². The molecule has 3 aromatic rings. The monoisotopic (exact) mass is 387 g/mol. The fourth-order valence-electron chi connectivity index (χ4n) is 2.84. The fourth-order valence-corrected chi connectivity index (χ4v) is 2.84. The Balaban J connectivity index is 1.86. The van der Waals surface area contributed by atoms with E-state index in [9.17, 15) is 13.6 Å². The highest BCUT2D eigenvalue weighted by molar-refractivity contribution is 5.75. The van der Waals surface area contributed by atoms with Crippen molar-refractivity contribution in [3.8, 4) is 0 Å². The van der Waals surface area contributed by atoms with Gasteiger partial charge in [-0.25, -0.2) is 18.6 Å². The van der Waals surface area contributed by atoms with Crippen LogP contribution in [0.5, 0.6) is 0 Å². The summed E-state index contributed by atoms with van der Waals surface area (Å²) >= 11 is 0. The largest absolute Gasteiger partial charge is 0.444 e. The minimum absolute atomic E-state index is 0.0378. The molecule has 0 spiro atoms. The molecule has 28 heavy (non-hydrogen) atoms. The number of rotatable bonds is 5. The third-order valence-corrected chi connectivity index (χ3v) is 4.10. The zero-order valence-corrected chi connectivity index (χ0v) is 16.0. The second kappa shape index (κ2) is 7.96. The number of hydrogen-bond donors (Lipinski definition) is 2. The molecule has 1 unspecified atom stereocenters. The Hall–Kier alpha value is -2.96. The lowest BCUT2D eigenvalue weighted by Crippen LogP contribution is -2.36. The number of imidazole rings is 1. The number of alkyl carbamates (subject to hydrolysis) is 1. The molecular weight excluding hydrogens is 364 g/mol. The van der Waals surface area contributed by atoms with Crippen LogP contribution in [0.2, 0.25) is 0 Å². The Morgan fingerprint density at radius 1 is 1.14 bits per heavy atom. The van der Waals surface area contributed by atoms with Crippen molar-refractivity contribution >= 4 is 17.1 Å². The lowest BCUT2D eigenvalue weighted by molar-refractivity contribution is 0.0501. The minimum atomic E-state index is -2.51. The number of nitrogens with zero attached hydrogens (tertiary/aromatic N) is 1. The molecule has 1 aromatic heterocycles. The van der Waals surface area contributed by atoms with Gasteiger partial charge in [0.25, 0.3) is 6.43 Å². The number of fused-ring (bicyclic) bond motifs is 1. The molecule has 0 fully saturated rings. The summed E-state index contributed by atoms with van der Waals surface area (Å²) in [6, 6.07) is 13.1. The molecule has 0 aliphatic rings. The number of benzene rings is 2. The topological polar surface area (TPSA) is 67.0 Å². The highest BCUT2D eigenvalue weighted by atomic mass is 19.3. The van der Waals surface area contributed by atoms with Crippen LogP contribution >= 0.6 is 0 Å². The summed E-state index contributed by atoms with van der Waals surface area (Å²) in [6.07, 6.45) is -2.70. The molecular formula is C21H23F2N3O2. The Morgan fingerprint density at radius 2 is 1.82 bits per heavy atom. The molecule has 1 amide bonds. The zero-order chi connectivity index (χ0) is 20.3. The second-order valence-electron chi connectivity index (χ2n) is 7.58. The van der Waals surface area contributed by atoms with Crippen LogP contribution in [0.25, 0.3) is 11.0 Å². The van der Waals surface area contributed by atoms with Gasteiger partial charge in [-0.3, -0.25) is 0 Å². The van der Waals surface area contributed by atoms with Crippen LogP contribution in [-0.4, -0.2) is 21.7 Å². The van der Waals surface area contributed by atoms with Crippen molar-refractivity contribution in [2.45, 2.75) is 45.3 Å². The molecule has 1 heterocycles. The lowest BCUT2D eigenvalue weighted by Gasteiger charge is -2.23. The number of aromatic nitrogens is 2. The van der Waals surface area contributed by atoms with Crippen LogP contribution in [0.1, 0.15) is 50.2 Å². The summed E-state index contributed by atoms with van der Waals surface area (Å²) in [5.41, 5.74) is 1.75. The maximum Gasteiger partial charge on any atom is 0.408 e. The van der Waals surface area contributed by atoms with Crippen LogP contribution in [-0.2, 0) is 11.2 Å². The number of alkyl halides is 2. The van der Waals surface area contributed by atoms with Crippen molar-refractivity contribution in [2.24, 2.45) is 0 Å². The van der Waals surface area contributed by atoms with Gasteiger partial charge in [0, 0.05) is 12.0 Å². The first kappa shape index (κ1) is 19.8. The molecule has 0 radical (unpaired) electrons. The Morgan fingerprint density at radius 3 is 2.43 bits per heavy atom. The first-order valence-electron chi connectivity index (χ1n) is 9.02. The van der Waals surface area contributed by atoms with Crippen LogP contribution in [0.15, 0.2) is 48.5 Å². The summed E-state index contributed by atoms with van der Waals surface area (Å²) in [4.78, 5) is 20.1. The number of ether oxygens (including phenoxy) is 1. The van der Waals surface area contributed by atoms with Crippen LogP contribution in [0, 0.1) is 0 Å². The highest BCUT2D eigenvalue weighted by Gasteiger charge is 2.23. The van der Waals surface area contributed by atoms with E-state index in [-0.39, 0.29) is 5.56 Å². The van der Waals surface area contributed by atoms with Crippen molar-refractivity contribution in [3.05, 3.63) is 65.5 Å². The molecule has 2 aromatic carbocycles. The minimum Gasteiger partial charge on any atom is -0.444 e. The third-order valence-electron chi connectivity index (χ3n) is 4.10. The normalized spacial score (nSPS) is 12.9. The Kier molecular flexibility index (Phi) is 5.63. The molecule has 2 N–H and O–H groups in total. The smallest absolute Gasteiger partial charge is 0.408 e. The second-order valence-corrected chi connectivity index (χ2v) is 7.58. The average molecular weight is 387 g/mol. The fraction of sp³-hybridized carbons (Fsp3) is 0.333. The van der Waals surface area contributed by atoms with Crippen molar-refractivity contribution in [1.29, 1.82) is 0 Å². The number of para-hydroxylation sites is 2. The van der Waals surface area contributed by atoms with E-state index in [2.05, 4.69) is 15.3 Å². The molecule has 0 bridgehead atoms. The summed E-state index contributed by atoms with van der Waals surface area (Å²) < 4.78 is 30.9. The molecule has 0 saturated carbocycles. The molecule has 5 nitrogen and oxygen atoms in total. The number of carbonyl (C=O) groups excluding carboxylic acids is 1. The standard InChI is InChI=1S/C21H23F2N3O2/c1-21(2,3)28-20(27)26-17(12-13-8-10-14(11-9-13)18(22)23)19-24-15-6-4-5-7-16(15)25-19/h4-11,17-18H,12H2,1-3H3,(H,24,25)(H,26,27). The lowest BCUT2D eigenvalue weighted by atomic mass is 10.0. The predicted octanol–water partition coefficient (Wildman–Crippen LogP) is 5.31. The summed E-state index contributed by atoms with van der Waals surface area (Å²) in [6.45, 7) is 5.35. The number of hydrogen-bond acceptors (Lipinski definition) is 3. The van der Waals surface area contributed by atoms with E-state index >= 15 is 0 Å². The van der Waals surface area contributed by atoms with Gasteiger partial charge in [-0.1, -0.05) is 36.4 Å². The van der Waals surface area contributed by atoms with Gasteiger partial charge in [0.2, 0.25) is 0 Å². The van der Waals surface area contributed by atoms with Gasteiger partial charge in [0.05, 0.1) is 17.1 Å². The predicted molar refractivity (Wildman–Crippen MR) is 103 cm³/mol. The molecule has 0 aliphatic heterocycles. The number of H-pyrrole nitrogens is 1. The van der Waals surface area contributed by atoms with E-state index in [1.165, 1.54) is 12.1 Å². The van der Waals surface area contributed by atoms with Crippen LogP contribution < -0.4 is 5.32 Å². The zero-order valence-electron chi connectivity index (χ0n) is 16.0. The van der Waals surface area contributed by atoms with Crippen LogP contribution in [0.4, 0.5) is 13.6 Å². The van der Waals surface area contributed by atoms with Gasteiger partial charge < -0.3 is 15.0 Å². The van der Waals surface area contributed by atoms with Gasteiger partial charge in [-0.2, -0.15) is 0 Å². The first-order chi connectivity index (χ1) is 13.2. The number of amides is 1. The van der Waals surface area contributed by atoms with E-state index in [1.54, 1.807) is 32.9 Å². The number of carbonyl (C=O) groups is 1. The summed E-state index contributed by atoms with van der Waals surface area (Å²) in [5.74, 6) is 0.574. The highest BCUT2D eigenvalue weighted by Crippen LogP contribution is 2.23.